The summed E-state index contributed by atoms with van der Waals surface area (Å²) in [5, 5.41) is 0. The lowest BCUT2D eigenvalue weighted by Crippen LogP contribution is -2.42. The molecule has 0 amide bonds. The Morgan fingerprint density at radius 2 is 1.60 bits per heavy atom. The van der Waals surface area contributed by atoms with Crippen molar-refractivity contribution in [2.45, 2.75) is 49.3 Å². The lowest BCUT2D eigenvalue weighted by atomic mass is 10.0. The summed E-state index contributed by atoms with van der Waals surface area (Å²) in [5.41, 5.74) is 0. The first-order valence-electron chi connectivity index (χ1n) is 6.68. The van der Waals surface area contributed by atoms with Gasteiger partial charge in [-0.25, -0.2) is 9.59 Å². The van der Waals surface area contributed by atoms with Crippen molar-refractivity contribution in [1.29, 1.82) is 0 Å². The molecule has 20 heavy (non-hydrogen) atoms. The Morgan fingerprint density at radius 3 is 2.00 bits per heavy atom. The number of ether oxygens (including phenoxy) is 2. The first kappa shape index (κ1) is 19.4. The average Bonchev–Trinajstić information content (AvgIpc) is 2.39. The zero-order valence-corrected chi connectivity index (χ0v) is 15.6. The molecule has 0 aliphatic carbocycles. The van der Waals surface area contributed by atoms with Crippen LogP contribution in [-0.4, -0.2) is 38.6 Å². The van der Waals surface area contributed by atoms with E-state index in [1.807, 2.05) is 0 Å². The number of carbonyl (C=O) groups excluding carboxylic acids is 2. The second-order valence-electron chi connectivity index (χ2n) is 5.91. The second kappa shape index (κ2) is 8.62. The molecule has 0 heterocycles. The zero-order valence-electron chi connectivity index (χ0n) is 13.0. The molecular weight excluding hydrogens is 340 g/mol. The molecule has 0 saturated heterocycles. The van der Waals surface area contributed by atoms with E-state index in [1.54, 1.807) is 0 Å². The number of esters is 2. The SMILES string of the molecule is COC(=O)C(Br)(CCC/C=C/C[Si](C)(C)C)C(=O)OC. The molecule has 0 atom stereocenters. The summed E-state index contributed by atoms with van der Waals surface area (Å²) in [6.07, 6.45) is 6.19. The van der Waals surface area contributed by atoms with Gasteiger partial charge < -0.3 is 9.47 Å². The molecular formula is C14H25BrO4Si. The largest absolute Gasteiger partial charge is 0.468 e. The van der Waals surface area contributed by atoms with Crippen LogP contribution in [0.1, 0.15) is 19.3 Å². The monoisotopic (exact) mass is 364 g/mol. The quantitative estimate of drug-likeness (QED) is 0.165. The van der Waals surface area contributed by atoms with Gasteiger partial charge in [0.25, 0.3) is 0 Å². The molecule has 0 fully saturated rings. The van der Waals surface area contributed by atoms with Crippen molar-refractivity contribution in [3.63, 3.8) is 0 Å². The van der Waals surface area contributed by atoms with E-state index in [1.165, 1.54) is 14.2 Å². The number of methoxy groups -OCH3 is 2. The third-order valence-electron chi connectivity index (χ3n) is 2.81. The topological polar surface area (TPSA) is 52.6 Å². The first-order chi connectivity index (χ1) is 9.17. The van der Waals surface area contributed by atoms with Crippen molar-refractivity contribution >= 4 is 35.9 Å². The van der Waals surface area contributed by atoms with Crippen LogP contribution in [0.15, 0.2) is 12.2 Å². The predicted octanol–water partition coefficient (Wildman–Crippen LogP) is 3.53. The molecule has 116 valence electrons. The number of carbonyl (C=O) groups is 2. The van der Waals surface area contributed by atoms with Crippen molar-refractivity contribution in [3.05, 3.63) is 12.2 Å². The van der Waals surface area contributed by atoms with Crippen LogP contribution in [0, 0.1) is 0 Å². The second-order valence-corrected chi connectivity index (χ2v) is 12.8. The van der Waals surface area contributed by atoms with Gasteiger partial charge in [-0.2, -0.15) is 0 Å². The van der Waals surface area contributed by atoms with Crippen LogP contribution in [0.5, 0.6) is 0 Å². The fourth-order valence-electron chi connectivity index (χ4n) is 1.63. The van der Waals surface area contributed by atoms with Gasteiger partial charge >= 0.3 is 11.9 Å². The van der Waals surface area contributed by atoms with Gasteiger partial charge in [-0.3, -0.25) is 0 Å². The number of unbranched alkanes of at least 4 members (excludes halogenated alkanes) is 1. The van der Waals surface area contributed by atoms with Crippen LogP contribution in [-0.2, 0) is 19.1 Å². The highest BCUT2D eigenvalue weighted by Crippen LogP contribution is 2.28. The molecule has 4 nitrogen and oxygen atoms in total. The van der Waals surface area contributed by atoms with E-state index in [2.05, 4.69) is 57.2 Å². The maximum absolute atomic E-state index is 11.7. The molecule has 0 unspecified atom stereocenters. The molecule has 0 aliphatic heterocycles. The highest BCUT2D eigenvalue weighted by Gasteiger charge is 2.45. The summed E-state index contributed by atoms with van der Waals surface area (Å²) in [6, 6.07) is 1.14. The Labute approximate surface area is 131 Å². The third kappa shape index (κ3) is 6.70. The fourth-order valence-corrected chi connectivity index (χ4v) is 3.11. The molecule has 6 heteroatoms. The highest BCUT2D eigenvalue weighted by atomic mass is 79.9. The van der Waals surface area contributed by atoms with E-state index in [0.29, 0.717) is 12.8 Å². The molecule has 0 bridgehead atoms. The van der Waals surface area contributed by atoms with E-state index in [9.17, 15) is 9.59 Å². The van der Waals surface area contributed by atoms with E-state index in [4.69, 9.17) is 0 Å². The number of hydrogen-bond donors (Lipinski definition) is 0. The zero-order chi connectivity index (χ0) is 15.8. The third-order valence-corrected chi connectivity index (χ3v) is 5.31. The van der Waals surface area contributed by atoms with Crippen LogP contribution in [0.25, 0.3) is 0 Å². The standard InChI is InChI=1S/C14H25BrO4Si/c1-18-12(16)14(15,13(17)19-2)10-8-6-7-9-11-20(3,4)5/h7,9H,6,8,10-11H2,1-5H3/b9-7+. The molecule has 0 radical (unpaired) electrons. The van der Waals surface area contributed by atoms with Crippen LogP contribution in [0.2, 0.25) is 25.7 Å². The van der Waals surface area contributed by atoms with Crippen LogP contribution in [0.4, 0.5) is 0 Å². The van der Waals surface area contributed by atoms with Crippen LogP contribution >= 0.6 is 15.9 Å². The highest BCUT2D eigenvalue weighted by molar-refractivity contribution is 9.10. The number of rotatable bonds is 8. The lowest BCUT2D eigenvalue weighted by Gasteiger charge is -2.21. The molecule has 0 aromatic heterocycles. The summed E-state index contributed by atoms with van der Waals surface area (Å²) in [7, 11) is 1.47. The van der Waals surface area contributed by atoms with Crippen LogP contribution < -0.4 is 0 Å². The summed E-state index contributed by atoms with van der Waals surface area (Å²) in [4.78, 5) is 23.4. The molecule has 0 aliphatic rings. The van der Waals surface area contributed by atoms with Crippen molar-refractivity contribution < 1.29 is 19.1 Å². The predicted molar refractivity (Wildman–Crippen MR) is 86.8 cm³/mol. The maximum atomic E-state index is 11.7. The van der Waals surface area contributed by atoms with Gasteiger partial charge in [0.15, 0.2) is 0 Å². The van der Waals surface area contributed by atoms with Crippen molar-refractivity contribution in [3.8, 4) is 0 Å². The Balaban J connectivity index is 4.37. The Bertz CT molecular complexity index is 345. The Hall–Kier alpha value is -0.623. The van der Waals surface area contributed by atoms with Crippen molar-refractivity contribution in [2.75, 3.05) is 14.2 Å². The van der Waals surface area contributed by atoms with Gasteiger partial charge in [-0.1, -0.05) is 47.7 Å². The normalized spacial score (nSPS) is 12.5. The van der Waals surface area contributed by atoms with Gasteiger partial charge in [0.05, 0.1) is 14.2 Å². The molecule has 0 rings (SSSR count). The van der Waals surface area contributed by atoms with E-state index >= 15 is 0 Å². The van der Waals surface area contributed by atoms with Gasteiger partial charge in [0, 0.05) is 8.07 Å². The minimum absolute atomic E-state index is 0.351. The smallest absolute Gasteiger partial charge is 0.334 e. The van der Waals surface area contributed by atoms with E-state index in [0.717, 1.165) is 12.5 Å². The molecule has 0 spiro atoms. The number of halogens is 1. The first-order valence-corrected chi connectivity index (χ1v) is 11.2. The van der Waals surface area contributed by atoms with Crippen molar-refractivity contribution in [1.82, 2.24) is 0 Å². The summed E-state index contributed by atoms with van der Waals surface area (Å²) >= 11 is 3.17. The summed E-state index contributed by atoms with van der Waals surface area (Å²) in [5.74, 6) is -1.23. The molecule has 0 N–H and O–H groups in total. The van der Waals surface area contributed by atoms with Gasteiger partial charge in [0.1, 0.15) is 0 Å². The van der Waals surface area contributed by atoms with Gasteiger partial charge in [0.2, 0.25) is 4.32 Å². The average molecular weight is 365 g/mol. The van der Waals surface area contributed by atoms with Crippen LogP contribution in [0.3, 0.4) is 0 Å². The van der Waals surface area contributed by atoms with E-state index < -0.39 is 24.3 Å². The fraction of sp³-hybridized carbons (Fsp3) is 0.714. The number of hydrogen-bond acceptors (Lipinski definition) is 4. The summed E-state index contributed by atoms with van der Waals surface area (Å²) in [6.45, 7) is 6.94. The van der Waals surface area contributed by atoms with Crippen molar-refractivity contribution in [2.24, 2.45) is 0 Å². The maximum Gasteiger partial charge on any atom is 0.334 e. The van der Waals surface area contributed by atoms with Gasteiger partial charge in [-0.15, -0.1) is 0 Å². The molecule has 0 aromatic carbocycles. The molecule has 0 aromatic rings. The minimum atomic E-state index is -1.39. The summed E-state index contributed by atoms with van der Waals surface area (Å²) < 4.78 is 7.94. The molecule has 0 saturated carbocycles. The number of allylic oxidation sites excluding steroid dienone is 2. The van der Waals surface area contributed by atoms with E-state index in [-0.39, 0.29) is 0 Å². The number of alkyl halides is 1. The van der Waals surface area contributed by atoms with Gasteiger partial charge in [-0.05, 0) is 25.3 Å². The lowest BCUT2D eigenvalue weighted by molar-refractivity contribution is -0.155. The Kier molecular flexibility index (Phi) is 8.35. The minimum Gasteiger partial charge on any atom is -0.468 e. The Morgan fingerprint density at radius 1 is 1.10 bits per heavy atom.